The van der Waals surface area contributed by atoms with Gasteiger partial charge in [-0.15, -0.1) is 6.58 Å². The number of likely N-dealkylation sites (tertiary alicyclic amines) is 1. The molecule has 298 valence electrons. The second-order valence-corrected chi connectivity index (χ2v) is 18.3. The van der Waals surface area contributed by atoms with Gasteiger partial charge in [-0.2, -0.15) is 0 Å². The van der Waals surface area contributed by atoms with Crippen molar-refractivity contribution in [2.45, 2.75) is 136 Å². The van der Waals surface area contributed by atoms with Crippen LogP contribution in [0.1, 0.15) is 112 Å². The lowest BCUT2D eigenvalue weighted by Crippen LogP contribution is -2.62. The monoisotopic (exact) mass is 750 g/mol. The lowest BCUT2D eigenvalue weighted by atomic mass is 9.83. The van der Waals surface area contributed by atoms with Crippen LogP contribution in [0.15, 0.2) is 22.2 Å². The average Bonchev–Trinajstić information content (AvgIpc) is 3.90. The molecule has 4 fully saturated rings. The number of Topliss-reactive ketones (excluding diaryl/α,β-unsaturated/α-hetero) is 1. The van der Waals surface area contributed by atoms with E-state index in [-0.39, 0.29) is 54.0 Å². The van der Waals surface area contributed by atoms with Crippen molar-refractivity contribution in [1.82, 2.24) is 26.2 Å². The van der Waals surface area contributed by atoms with Crippen molar-refractivity contribution in [2.75, 3.05) is 31.6 Å². The van der Waals surface area contributed by atoms with Crippen LogP contribution in [0.4, 0.5) is 10.5 Å². The Labute approximate surface area is 319 Å². The molecule has 13 nitrogen and oxygen atoms in total. The van der Waals surface area contributed by atoms with Crippen LogP contribution in [0.2, 0.25) is 0 Å². The molecule has 1 heterocycles. The summed E-state index contributed by atoms with van der Waals surface area (Å²) < 4.78 is 0. The maximum Gasteiger partial charge on any atom is 0.315 e. The number of carbonyl (C=O) groups is 5. The topological polar surface area (TPSA) is 174 Å². The van der Waals surface area contributed by atoms with E-state index in [1.807, 2.05) is 34.6 Å². The number of anilines is 1. The van der Waals surface area contributed by atoms with Gasteiger partial charge in [0, 0.05) is 32.2 Å². The smallest absolute Gasteiger partial charge is 0.315 e. The van der Waals surface area contributed by atoms with Gasteiger partial charge in [-0.3, -0.25) is 28.8 Å². The Morgan fingerprint density at radius 3 is 2.20 bits per heavy atom. The van der Waals surface area contributed by atoms with Crippen LogP contribution in [0.25, 0.3) is 0 Å². The molecular formula is C41H62N6O7. The molecule has 2 unspecified atom stereocenters. The van der Waals surface area contributed by atoms with Crippen LogP contribution in [0, 0.1) is 28.6 Å². The van der Waals surface area contributed by atoms with Crippen molar-refractivity contribution < 1.29 is 24.0 Å². The molecule has 4 aliphatic rings. The molecule has 1 saturated heterocycles. The molecule has 1 aromatic rings. The van der Waals surface area contributed by atoms with Gasteiger partial charge in [-0.05, 0) is 66.1 Å². The maximum atomic E-state index is 14.7. The van der Waals surface area contributed by atoms with Crippen molar-refractivity contribution in [3.63, 3.8) is 0 Å². The van der Waals surface area contributed by atoms with Gasteiger partial charge in [0.1, 0.15) is 12.1 Å². The number of fused-ring (bicyclic) bond motifs is 1. The number of rotatable bonds is 16. The summed E-state index contributed by atoms with van der Waals surface area (Å²) in [6.07, 6.45) is 8.41. The van der Waals surface area contributed by atoms with E-state index >= 15 is 0 Å². The number of likely N-dealkylation sites (N-methyl/N-ethyl adjacent to an activating group) is 1. The van der Waals surface area contributed by atoms with E-state index in [0.717, 1.165) is 44.9 Å². The van der Waals surface area contributed by atoms with E-state index in [1.54, 1.807) is 16.8 Å². The second kappa shape index (κ2) is 15.6. The fraction of sp³-hybridized carbons (Fsp3) is 0.732. The minimum atomic E-state index is -1.04. The third kappa shape index (κ3) is 8.15. The fourth-order valence-corrected chi connectivity index (χ4v) is 9.05. The maximum absolute atomic E-state index is 14.7. The Morgan fingerprint density at radius 1 is 0.981 bits per heavy atom. The first-order chi connectivity index (χ1) is 25.3. The van der Waals surface area contributed by atoms with Crippen LogP contribution in [0.5, 0.6) is 0 Å². The first-order valence-corrected chi connectivity index (χ1v) is 19.9. The van der Waals surface area contributed by atoms with Crippen molar-refractivity contribution in [3.05, 3.63) is 38.7 Å². The molecular weight excluding hydrogens is 688 g/mol. The van der Waals surface area contributed by atoms with E-state index in [4.69, 9.17) is 0 Å². The van der Waals surface area contributed by atoms with Crippen molar-refractivity contribution in [1.29, 1.82) is 0 Å². The summed E-state index contributed by atoms with van der Waals surface area (Å²) in [6.45, 7) is 18.3. The molecule has 5 rings (SSSR count). The number of hydrogen-bond donors (Lipinski definition) is 4. The average molecular weight is 751 g/mol. The van der Waals surface area contributed by atoms with Gasteiger partial charge >= 0.3 is 6.03 Å². The molecule has 3 aliphatic carbocycles. The summed E-state index contributed by atoms with van der Waals surface area (Å²) in [5, 5.41) is 11.5. The number of nitrogens with zero attached hydrogens (tertiary/aromatic N) is 2. The van der Waals surface area contributed by atoms with Crippen LogP contribution < -0.4 is 37.0 Å². The van der Waals surface area contributed by atoms with E-state index < -0.39 is 64.1 Å². The summed E-state index contributed by atoms with van der Waals surface area (Å²) in [4.78, 5) is 97.2. The van der Waals surface area contributed by atoms with Crippen molar-refractivity contribution >= 4 is 35.2 Å². The third-order valence-corrected chi connectivity index (χ3v) is 13.0. The first kappa shape index (κ1) is 41.1. The SMILES string of the molecule is C=CCNC(=O)C(=O)C(CCC)NC(=O)[C@@H]1[C@@H]2C(CN1C(=O)[C@@H](NC(=O)N[C@H](CN(C)c1c(C3(C)CC3)c(=O)c1=O)C(C)(C)C)C1CCCCC1)C2(C)C. The first-order valence-electron chi connectivity index (χ1n) is 19.9. The van der Waals surface area contributed by atoms with Crippen LogP contribution >= 0.6 is 0 Å². The van der Waals surface area contributed by atoms with Gasteiger partial charge in [0.25, 0.3) is 5.91 Å². The highest BCUT2D eigenvalue weighted by molar-refractivity contribution is 6.38. The molecule has 0 bridgehead atoms. The molecule has 54 heavy (non-hydrogen) atoms. The Kier molecular flexibility index (Phi) is 11.9. The van der Waals surface area contributed by atoms with Gasteiger partial charge in [-0.25, -0.2) is 4.79 Å². The predicted molar refractivity (Wildman–Crippen MR) is 208 cm³/mol. The minimum absolute atomic E-state index is 0.0771. The molecule has 0 radical (unpaired) electrons. The normalized spacial score (nSPS) is 24.4. The molecule has 13 heteroatoms. The quantitative estimate of drug-likeness (QED) is 0.147. The zero-order valence-electron chi connectivity index (χ0n) is 33.6. The van der Waals surface area contributed by atoms with Crippen LogP contribution in [-0.2, 0) is 24.6 Å². The highest BCUT2D eigenvalue weighted by Crippen LogP contribution is 2.65. The summed E-state index contributed by atoms with van der Waals surface area (Å²) in [7, 11) is 1.77. The van der Waals surface area contributed by atoms with Crippen LogP contribution in [0.3, 0.4) is 0 Å². The summed E-state index contributed by atoms with van der Waals surface area (Å²) >= 11 is 0. The molecule has 5 amide bonds. The number of piperidine rings is 1. The van der Waals surface area contributed by atoms with Gasteiger partial charge < -0.3 is 31.1 Å². The summed E-state index contributed by atoms with van der Waals surface area (Å²) in [5.74, 6) is -2.51. The van der Waals surface area contributed by atoms with Gasteiger partial charge in [0.2, 0.25) is 28.5 Å². The zero-order chi connectivity index (χ0) is 39.9. The van der Waals surface area contributed by atoms with E-state index in [9.17, 15) is 33.6 Å². The Morgan fingerprint density at radius 2 is 1.63 bits per heavy atom. The number of hydrogen-bond acceptors (Lipinski definition) is 8. The summed E-state index contributed by atoms with van der Waals surface area (Å²) in [5.41, 5.74) is -0.810. The molecule has 0 spiro atoms. The van der Waals surface area contributed by atoms with E-state index in [1.165, 1.54) is 6.08 Å². The Bertz CT molecular complexity index is 1710. The lowest BCUT2D eigenvalue weighted by molar-refractivity contribution is -0.144. The number of carbonyl (C=O) groups excluding carboxylic acids is 5. The number of ketones is 1. The fourth-order valence-electron chi connectivity index (χ4n) is 9.05. The Balaban J connectivity index is 1.34. The second-order valence-electron chi connectivity index (χ2n) is 18.3. The molecule has 3 saturated carbocycles. The van der Waals surface area contributed by atoms with Crippen molar-refractivity contribution in [3.8, 4) is 0 Å². The minimum Gasteiger partial charge on any atom is -0.369 e. The van der Waals surface area contributed by atoms with Crippen molar-refractivity contribution in [2.24, 2.45) is 28.6 Å². The van der Waals surface area contributed by atoms with Gasteiger partial charge in [0.05, 0.1) is 17.8 Å². The highest BCUT2D eigenvalue weighted by atomic mass is 16.2. The zero-order valence-corrected chi connectivity index (χ0v) is 33.6. The Hall–Kier alpha value is -4.03. The lowest BCUT2D eigenvalue weighted by Gasteiger charge is -2.39. The predicted octanol–water partition coefficient (Wildman–Crippen LogP) is 3.07. The van der Waals surface area contributed by atoms with E-state index in [2.05, 4.69) is 41.7 Å². The number of urea groups is 1. The number of amides is 5. The molecule has 1 aliphatic heterocycles. The third-order valence-electron chi connectivity index (χ3n) is 13.0. The molecule has 0 aromatic heterocycles. The van der Waals surface area contributed by atoms with Crippen LogP contribution in [-0.4, -0.2) is 85.3 Å². The highest BCUT2D eigenvalue weighted by Gasteiger charge is 2.69. The van der Waals surface area contributed by atoms with Gasteiger partial charge in [0.15, 0.2) is 0 Å². The largest absolute Gasteiger partial charge is 0.369 e. The molecule has 6 atom stereocenters. The van der Waals surface area contributed by atoms with E-state index in [0.29, 0.717) is 24.2 Å². The standard InChI is InChI=1S/C41H62N6O7/c1-10-15-25(32(48)36(52)42-20-11-2)43-35(51)31-27-24(40(27,6)7)21-47(31)37(53)29(23-16-13-12-14-17-23)45-38(54)44-26(39(3,4)5)22-46(9)30-28(33(49)34(30)50)41(8)18-19-41/h11,23-27,29,31H,2,10,12-22H2,1,3-9H3,(H,42,52)(H,43,51)(H2,44,45,54)/t24?,25?,26-,27+,29+,31+/m1/s1. The number of nitrogens with one attached hydrogen (secondary N) is 4. The summed E-state index contributed by atoms with van der Waals surface area (Å²) in [6, 6.07) is -3.75. The molecule has 1 aromatic carbocycles. The van der Waals surface area contributed by atoms with Gasteiger partial charge in [-0.1, -0.05) is 80.2 Å². The molecule has 4 N–H and O–H groups in total.